The maximum Gasteiger partial charge on any atom is 0.305 e. The third-order valence-electron chi connectivity index (χ3n) is 4.09. The van der Waals surface area contributed by atoms with Crippen molar-refractivity contribution in [1.29, 1.82) is 0 Å². The predicted octanol–water partition coefficient (Wildman–Crippen LogP) is 1.67. The van der Waals surface area contributed by atoms with Crippen molar-refractivity contribution in [2.24, 2.45) is 5.92 Å². The van der Waals surface area contributed by atoms with Gasteiger partial charge in [0, 0.05) is 6.42 Å². The van der Waals surface area contributed by atoms with Crippen LogP contribution in [-0.4, -0.2) is 31.7 Å². The van der Waals surface area contributed by atoms with Crippen LogP contribution in [0.2, 0.25) is 0 Å². The van der Waals surface area contributed by atoms with E-state index in [4.69, 9.17) is 4.42 Å². The summed E-state index contributed by atoms with van der Waals surface area (Å²) in [6.45, 7) is 0. The average molecular weight is 380 g/mol. The molecule has 0 radical (unpaired) electrons. The molecule has 2 heterocycles. The predicted molar refractivity (Wildman–Crippen MR) is 91.1 cm³/mol. The van der Waals surface area contributed by atoms with Gasteiger partial charge in [-0.05, 0) is 36.6 Å². The largest absolute Gasteiger partial charge is 0.451 e. The van der Waals surface area contributed by atoms with Gasteiger partial charge in [0.25, 0.3) is 0 Å². The van der Waals surface area contributed by atoms with Crippen molar-refractivity contribution < 1.29 is 26.8 Å². The number of nitrogens with one attached hydrogen (secondary N) is 2. The molecule has 0 saturated carbocycles. The van der Waals surface area contributed by atoms with Gasteiger partial charge in [-0.1, -0.05) is 12.1 Å². The van der Waals surface area contributed by atoms with E-state index in [0.29, 0.717) is 6.42 Å². The summed E-state index contributed by atoms with van der Waals surface area (Å²) in [6, 6.07) is 8.81. The van der Waals surface area contributed by atoms with Gasteiger partial charge in [0.15, 0.2) is 15.6 Å². The Morgan fingerprint density at radius 3 is 2.62 bits per heavy atom. The van der Waals surface area contributed by atoms with Crippen molar-refractivity contribution in [1.82, 2.24) is 10.9 Å². The Balaban J connectivity index is 1.54. The van der Waals surface area contributed by atoms with Crippen LogP contribution in [0.15, 0.2) is 40.8 Å². The molecule has 0 bridgehead atoms. The zero-order valence-corrected chi connectivity index (χ0v) is 14.5. The van der Waals surface area contributed by atoms with Crippen LogP contribution in [0.4, 0.5) is 4.39 Å². The number of halogens is 1. The van der Waals surface area contributed by atoms with E-state index in [2.05, 4.69) is 10.9 Å². The minimum atomic E-state index is -3.06. The third kappa shape index (κ3) is 4.29. The number of rotatable bonds is 4. The first-order valence-corrected chi connectivity index (χ1v) is 9.80. The summed E-state index contributed by atoms with van der Waals surface area (Å²) in [4.78, 5) is 23.8. The topological polar surface area (TPSA) is 105 Å². The zero-order valence-electron chi connectivity index (χ0n) is 13.7. The summed E-state index contributed by atoms with van der Waals surface area (Å²) in [7, 11) is -3.06. The smallest absolute Gasteiger partial charge is 0.305 e. The van der Waals surface area contributed by atoms with E-state index in [1.807, 2.05) is 0 Å². The fourth-order valence-electron chi connectivity index (χ4n) is 2.80. The Bertz CT molecular complexity index is 938. The third-order valence-corrected chi connectivity index (χ3v) is 5.92. The standard InChI is InChI=1S/C17H17FN2O5S/c18-13-4-2-1-3-12(13)14-5-6-15(25-14)17(22)20-19-16(21)9-11-7-8-26(23,24)10-11/h1-6,11H,7-10H2,(H,19,21)(H,20,22). The summed E-state index contributed by atoms with van der Waals surface area (Å²) >= 11 is 0. The van der Waals surface area contributed by atoms with Crippen molar-refractivity contribution in [2.75, 3.05) is 11.5 Å². The zero-order chi connectivity index (χ0) is 18.7. The van der Waals surface area contributed by atoms with E-state index in [-0.39, 0.29) is 40.9 Å². The molecule has 1 saturated heterocycles. The molecule has 1 aliphatic heterocycles. The van der Waals surface area contributed by atoms with Crippen LogP contribution >= 0.6 is 0 Å². The molecule has 1 aliphatic rings. The van der Waals surface area contributed by atoms with E-state index in [1.54, 1.807) is 12.1 Å². The van der Waals surface area contributed by atoms with Gasteiger partial charge in [-0.15, -0.1) is 0 Å². The molecule has 1 aromatic carbocycles. The highest BCUT2D eigenvalue weighted by molar-refractivity contribution is 7.91. The molecule has 2 N–H and O–H groups in total. The number of sulfone groups is 1. The second-order valence-electron chi connectivity index (χ2n) is 6.12. The number of amides is 2. The van der Waals surface area contributed by atoms with Crippen LogP contribution in [0.5, 0.6) is 0 Å². The van der Waals surface area contributed by atoms with Crippen LogP contribution in [0.25, 0.3) is 11.3 Å². The normalized spacial score (nSPS) is 18.4. The second-order valence-corrected chi connectivity index (χ2v) is 8.35. The minimum Gasteiger partial charge on any atom is -0.451 e. The Kier molecular flexibility index (Phi) is 5.08. The lowest BCUT2D eigenvalue weighted by molar-refractivity contribution is -0.122. The van der Waals surface area contributed by atoms with Gasteiger partial charge in [-0.25, -0.2) is 12.8 Å². The molecule has 0 aliphatic carbocycles. The SMILES string of the molecule is O=C(CC1CCS(=O)(=O)C1)NNC(=O)c1ccc(-c2ccccc2F)o1. The monoisotopic (exact) mass is 380 g/mol. The fourth-order valence-corrected chi connectivity index (χ4v) is 4.66. The van der Waals surface area contributed by atoms with Crippen molar-refractivity contribution in [2.45, 2.75) is 12.8 Å². The first-order valence-electron chi connectivity index (χ1n) is 7.98. The van der Waals surface area contributed by atoms with Crippen molar-refractivity contribution >= 4 is 21.7 Å². The molecule has 2 aromatic rings. The van der Waals surface area contributed by atoms with Crippen LogP contribution in [0, 0.1) is 11.7 Å². The summed E-state index contributed by atoms with van der Waals surface area (Å²) in [5.41, 5.74) is 4.65. The van der Waals surface area contributed by atoms with Crippen LogP contribution < -0.4 is 10.9 Å². The van der Waals surface area contributed by atoms with Gasteiger partial charge in [-0.3, -0.25) is 20.4 Å². The van der Waals surface area contributed by atoms with Crippen LogP contribution in [-0.2, 0) is 14.6 Å². The quantitative estimate of drug-likeness (QED) is 0.785. The highest BCUT2D eigenvalue weighted by Gasteiger charge is 2.29. The van der Waals surface area contributed by atoms with Gasteiger partial charge in [0.2, 0.25) is 5.91 Å². The molecule has 1 aromatic heterocycles. The first-order chi connectivity index (χ1) is 12.3. The molecule has 7 nitrogen and oxygen atoms in total. The highest BCUT2D eigenvalue weighted by Crippen LogP contribution is 2.24. The number of carbonyl (C=O) groups excluding carboxylic acids is 2. The number of benzene rings is 1. The van der Waals surface area contributed by atoms with Crippen molar-refractivity contribution in [3.05, 3.63) is 48.0 Å². The van der Waals surface area contributed by atoms with Crippen LogP contribution in [0.3, 0.4) is 0 Å². The molecule has 0 spiro atoms. The van der Waals surface area contributed by atoms with Gasteiger partial charge < -0.3 is 4.42 Å². The molecule has 138 valence electrons. The molecule has 3 rings (SSSR count). The fraction of sp³-hybridized carbons (Fsp3) is 0.294. The summed E-state index contributed by atoms with van der Waals surface area (Å²) in [5, 5.41) is 0. The Hall–Kier alpha value is -2.68. The summed E-state index contributed by atoms with van der Waals surface area (Å²) < 4.78 is 41.8. The molecular weight excluding hydrogens is 363 g/mol. The van der Waals surface area contributed by atoms with Crippen molar-refractivity contribution in [3.8, 4) is 11.3 Å². The Morgan fingerprint density at radius 2 is 1.92 bits per heavy atom. The van der Waals surface area contributed by atoms with E-state index in [9.17, 15) is 22.4 Å². The Labute approximate surface area is 149 Å². The van der Waals surface area contributed by atoms with Crippen molar-refractivity contribution in [3.63, 3.8) is 0 Å². The van der Waals surface area contributed by atoms with E-state index in [1.165, 1.54) is 24.3 Å². The average Bonchev–Trinajstić information content (AvgIpc) is 3.20. The Morgan fingerprint density at radius 1 is 1.15 bits per heavy atom. The number of hydrogen-bond donors (Lipinski definition) is 2. The molecular formula is C17H17FN2O5S. The lowest BCUT2D eigenvalue weighted by Crippen LogP contribution is -2.42. The lowest BCUT2D eigenvalue weighted by Gasteiger charge is -2.09. The maximum atomic E-state index is 13.7. The molecule has 9 heteroatoms. The molecule has 2 amide bonds. The van der Waals surface area contributed by atoms with Gasteiger partial charge >= 0.3 is 5.91 Å². The molecule has 26 heavy (non-hydrogen) atoms. The number of furan rings is 1. The summed E-state index contributed by atoms with van der Waals surface area (Å²) in [5.74, 6) is -1.73. The van der Waals surface area contributed by atoms with E-state index in [0.717, 1.165) is 0 Å². The minimum absolute atomic E-state index is 0.0120. The van der Waals surface area contributed by atoms with Gasteiger partial charge in [-0.2, -0.15) is 0 Å². The first kappa shape index (κ1) is 18.1. The molecule has 1 atom stereocenters. The number of hydrogen-bond acceptors (Lipinski definition) is 5. The second kappa shape index (κ2) is 7.28. The van der Waals surface area contributed by atoms with E-state index >= 15 is 0 Å². The maximum absolute atomic E-state index is 13.7. The van der Waals surface area contributed by atoms with Gasteiger partial charge in [0.05, 0.1) is 17.1 Å². The highest BCUT2D eigenvalue weighted by atomic mass is 32.2. The molecule has 1 fully saturated rings. The number of carbonyl (C=O) groups is 2. The molecule has 1 unspecified atom stereocenters. The van der Waals surface area contributed by atoms with Crippen LogP contribution in [0.1, 0.15) is 23.4 Å². The van der Waals surface area contributed by atoms with E-state index < -0.39 is 27.5 Å². The van der Waals surface area contributed by atoms with Gasteiger partial charge in [0.1, 0.15) is 11.6 Å². The number of hydrazine groups is 1. The summed E-state index contributed by atoms with van der Waals surface area (Å²) in [6.07, 6.45) is 0.450. The lowest BCUT2D eigenvalue weighted by atomic mass is 10.1.